The molecule has 0 radical (unpaired) electrons. The number of nitrogen functional groups attached to an aromatic ring is 1. The summed E-state index contributed by atoms with van der Waals surface area (Å²) in [5.41, 5.74) is 8.69. The Labute approximate surface area is 119 Å². The van der Waals surface area contributed by atoms with Crippen molar-refractivity contribution in [3.63, 3.8) is 0 Å². The molecule has 5 nitrogen and oxygen atoms in total. The minimum atomic E-state index is 0.317. The summed E-state index contributed by atoms with van der Waals surface area (Å²) in [5.74, 6) is 0. The molecule has 6 heteroatoms. The predicted molar refractivity (Wildman–Crippen MR) is 77.9 cm³/mol. The van der Waals surface area contributed by atoms with Gasteiger partial charge < -0.3 is 15.5 Å². The third-order valence-corrected chi connectivity index (χ3v) is 3.06. The van der Waals surface area contributed by atoms with E-state index in [0.717, 1.165) is 0 Å². The summed E-state index contributed by atoms with van der Waals surface area (Å²) in [7, 11) is 0. The summed E-state index contributed by atoms with van der Waals surface area (Å²) in [6.45, 7) is 0. The molecule has 0 aliphatic carbocycles. The lowest BCUT2D eigenvalue weighted by Crippen LogP contribution is -1.91. The summed E-state index contributed by atoms with van der Waals surface area (Å²) in [5, 5.41) is 12.2. The lowest BCUT2D eigenvalue weighted by atomic mass is 10.2. The molecule has 1 aromatic heterocycles. The van der Waals surface area contributed by atoms with Gasteiger partial charge in [0.15, 0.2) is 5.58 Å². The van der Waals surface area contributed by atoms with Crippen LogP contribution >= 0.6 is 11.6 Å². The summed E-state index contributed by atoms with van der Waals surface area (Å²) in [4.78, 5) is 4.28. The Kier molecular flexibility index (Phi) is 2.93. The molecule has 0 unspecified atom stereocenters. The molecule has 3 N–H and O–H groups in total. The topological polar surface area (TPSA) is 87.9 Å². The van der Waals surface area contributed by atoms with Crippen LogP contribution < -0.4 is 11.1 Å². The van der Waals surface area contributed by atoms with E-state index in [2.05, 4.69) is 10.3 Å². The number of oxazole rings is 1. The van der Waals surface area contributed by atoms with Crippen LogP contribution in [0, 0.1) is 11.3 Å². The number of fused-ring (bicyclic) bond motifs is 1. The number of hydrogen-bond donors (Lipinski definition) is 2. The molecular weight excluding hydrogens is 276 g/mol. The Balaban J connectivity index is 1.95. The van der Waals surface area contributed by atoms with Crippen molar-refractivity contribution in [2.24, 2.45) is 0 Å². The van der Waals surface area contributed by atoms with Crippen molar-refractivity contribution < 1.29 is 4.42 Å². The molecule has 0 atom stereocenters. The number of nitrogens with one attached hydrogen (secondary N) is 1. The van der Waals surface area contributed by atoms with Gasteiger partial charge in [-0.1, -0.05) is 11.6 Å². The maximum atomic E-state index is 8.79. The first-order chi connectivity index (χ1) is 9.65. The first kappa shape index (κ1) is 12.3. The Morgan fingerprint density at radius 1 is 1.25 bits per heavy atom. The molecule has 3 rings (SSSR count). The number of aromatic nitrogens is 1. The van der Waals surface area contributed by atoms with E-state index in [1.54, 1.807) is 36.4 Å². The first-order valence-corrected chi connectivity index (χ1v) is 6.16. The molecule has 0 saturated heterocycles. The number of rotatable bonds is 2. The number of halogens is 1. The fraction of sp³-hybridized carbons (Fsp3) is 0. The van der Waals surface area contributed by atoms with Crippen molar-refractivity contribution in [3.8, 4) is 6.07 Å². The highest BCUT2D eigenvalue weighted by molar-refractivity contribution is 6.33. The van der Waals surface area contributed by atoms with Gasteiger partial charge in [-0.2, -0.15) is 10.2 Å². The van der Waals surface area contributed by atoms with E-state index in [-0.39, 0.29) is 0 Å². The number of nitrogens with two attached hydrogens (primary N) is 1. The van der Waals surface area contributed by atoms with Gasteiger partial charge in [0, 0.05) is 11.8 Å². The van der Waals surface area contributed by atoms with Gasteiger partial charge in [-0.3, -0.25) is 0 Å². The monoisotopic (exact) mass is 284 g/mol. The fourth-order valence-electron chi connectivity index (χ4n) is 1.80. The third-order valence-electron chi connectivity index (χ3n) is 2.75. The molecule has 0 bridgehead atoms. The molecule has 2 aromatic carbocycles. The number of hydrogen-bond acceptors (Lipinski definition) is 5. The highest BCUT2D eigenvalue weighted by Crippen LogP contribution is 2.28. The van der Waals surface area contributed by atoms with Crippen LogP contribution in [0.5, 0.6) is 0 Å². The fourth-order valence-corrected chi connectivity index (χ4v) is 2.02. The van der Waals surface area contributed by atoms with E-state index in [1.807, 2.05) is 6.07 Å². The minimum Gasteiger partial charge on any atom is -0.423 e. The Hall–Kier alpha value is -2.71. The van der Waals surface area contributed by atoms with E-state index in [1.165, 1.54) is 0 Å². The van der Waals surface area contributed by atoms with Gasteiger partial charge in [0.1, 0.15) is 5.52 Å². The van der Waals surface area contributed by atoms with Gasteiger partial charge in [-0.05, 0) is 30.3 Å². The zero-order valence-electron chi connectivity index (χ0n) is 10.2. The Morgan fingerprint density at radius 3 is 2.85 bits per heavy atom. The molecular formula is C14H9ClN4O. The van der Waals surface area contributed by atoms with Crippen LogP contribution in [-0.2, 0) is 0 Å². The van der Waals surface area contributed by atoms with Crippen LogP contribution in [0.3, 0.4) is 0 Å². The standard InChI is InChI=1S/C14H9ClN4O/c15-10-5-8(7-16)1-3-11(10)18-14-19-12-4-2-9(17)6-13(12)20-14/h1-6H,17H2,(H,18,19). The maximum absolute atomic E-state index is 8.79. The largest absolute Gasteiger partial charge is 0.423 e. The van der Waals surface area contributed by atoms with Crippen molar-refractivity contribution in [1.82, 2.24) is 4.98 Å². The zero-order valence-corrected chi connectivity index (χ0v) is 11.0. The van der Waals surface area contributed by atoms with Crippen molar-refractivity contribution in [2.75, 3.05) is 11.1 Å². The quantitative estimate of drug-likeness (QED) is 0.701. The van der Waals surface area contributed by atoms with Crippen LogP contribution in [-0.4, -0.2) is 4.98 Å². The minimum absolute atomic E-state index is 0.317. The van der Waals surface area contributed by atoms with E-state index in [4.69, 9.17) is 27.0 Å². The van der Waals surface area contributed by atoms with Crippen LogP contribution in [0.2, 0.25) is 5.02 Å². The lowest BCUT2D eigenvalue weighted by Gasteiger charge is -2.03. The Morgan fingerprint density at radius 2 is 2.10 bits per heavy atom. The molecule has 0 aliphatic rings. The van der Waals surface area contributed by atoms with Gasteiger partial charge >= 0.3 is 0 Å². The maximum Gasteiger partial charge on any atom is 0.300 e. The van der Waals surface area contributed by atoms with Gasteiger partial charge in [0.2, 0.25) is 0 Å². The SMILES string of the molecule is N#Cc1ccc(Nc2nc3ccc(N)cc3o2)c(Cl)c1. The zero-order chi connectivity index (χ0) is 14.1. The normalized spacial score (nSPS) is 10.4. The van der Waals surface area contributed by atoms with Crippen molar-refractivity contribution in [3.05, 3.63) is 47.0 Å². The summed E-state index contributed by atoms with van der Waals surface area (Å²) >= 11 is 6.08. The molecule has 3 aromatic rings. The average Bonchev–Trinajstić information content (AvgIpc) is 2.82. The third kappa shape index (κ3) is 2.25. The average molecular weight is 285 g/mol. The molecule has 0 spiro atoms. The molecule has 1 heterocycles. The smallest absolute Gasteiger partial charge is 0.300 e. The van der Waals surface area contributed by atoms with E-state index < -0.39 is 0 Å². The highest BCUT2D eigenvalue weighted by Gasteiger charge is 2.08. The van der Waals surface area contributed by atoms with Gasteiger partial charge in [0.05, 0.1) is 22.3 Å². The molecule has 98 valence electrons. The number of benzene rings is 2. The van der Waals surface area contributed by atoms with Gasteiger partial charge in [-0.15, -0.1) is 0 Å². The molecule has 0 amide bonds. The molecule has 20 heavy (non-hydrogen) atoms. The number of nitriles is 1. The second kappa shape index (κ2) is 4.76. The summed E-state index contributed by atoms with van der Waals surface area (Å²) < 4.78 is 5.54. The van der Waals surface area contributed by atoms with Crippen molar-refractivity contribution in [1.29, 1.82) is 5.26 Å². The highest BCUT2D eigenvalue weighted by atomic mass is 35.5. The predicted octanol–water partition coefficient (Wildman–Crippen LogP) is 3.68. The lowest BCUT2D eigenvalue weighted by molar-refractivity contribution is 0.623. The molecule has 0 fully saturated rings. The van der Waals surface area contributed by atoms with Crippen LogP contribution in [0.25, 0.3) is 11.1 Å². The van der Waals surface area contributed by atoms with E-state index >= 15 is 0 Å². The number of anilines is 3. The summed E-state index contributed by atoms with van der Waals surface area (Å²) in [6.07, 6.45) is 0. The Bertz CT molecular complexity index is 835. The number of nitrogens with zero attached hydrogens (tertiary/aromatic N) is 2. The van der Waals surface area contributed by atoms with Crippen LogP contribution in [0.15, 0.2) is 40.8 Å². The van der Waals surface area contributed by atoms with E-state index in [0.29, 0.717) is 39.1 Å². The van der Waals surface area contributed by atoms with Crippen LogP contribution in [0.4, 0.5) is 17.4 Å². The van der Waals surface area contributed by atoms with Crippen molar-refractivity contribution >= 4 is 40.1 Å². The van der Waals surface area contributed by atoms with E-state index in [9.17, 15) is 0 Å². The van der Waals surface area contributed by atoms with Gasteiger partial charge in [-0.25, -0.2) is 0 Å². The van der Waals surface area contributed by atoms with Crippen LogP contribution in [0.1, 0.15) is 5.56 Å². The van der Waals surface area contributed by atoms with Crippen molar-refractivity contribution in [2.45, 2.75) is 0 Å². The van der Waals surface area contributed by atoms with Gasteiger partial charge in [0.25, 0.3) is 6.01 Å². The summed E-state index contributed by atoms with van der Waals surface area (Å²) in [6, 6.07) is 12.5. The first-order valence-electron chi connectivity index (χ1n) is 5.78. The molecule has 0 aliphatic heterocycles. The second-order valence-corrected chi connectivity index (χ2v) is 4.58. The molecule has 0 saturated carbocycles. The second-order valence-electron chi connectivity index (χ2n) is 4.18.